The van der Waals surface area contributed by atoms with Crippen LogP contribution in [0.5, 0.6) is 0 Å². The molecule has 0 spiro atoms. The number of hydrogen-bond acceptors (Lipinski definition) is 7. The second-order valence-electron chi connectivity index (χ2n) is 6.42. The van der Waals surface area contributed by atoms with Crippen LogP contribution >= 0.6 is 0 Å². The molecule has 0 radical (unpaired) electrons. The molecule has 138 valence electrons. The number of non-ortho nitro benzene ring substituents is 1. The van der Waals surface area contributed by atoms with Crippen molar-refractivity contribution in [1.82, 2.24) is 15.0 Å². The van der Waals surface area contributed by atoms with E-state index in [2.05, 4.69) is 5.16 Å². The number of hydrogen-bond donors (Lipinski definition) is 0. The summed E-state index contributed by atoms with van der Waals surface area (Å²) in [4.78, 5) is 50.1. The highest BCUT2D eigenvalue weighted by molar-refractivity contribution is 6.22. The molecule has 0 N–H and O–H groups in total. The average Bonchev–Trinajstić information content (AvgIpc) is 3.14. The molecule has 0 saturated carbocycles. The van der Waals surface area contributed by atoms with Crippen molar-refractivity contribution in [3.63, 3.8) is 0 Å². The van der Waals surface area contributed by atoms with Crippen molar-refractivity contribution < 1.29 is 23.8 Å². The minimum absolute atomic E-state index is 0.0604. The summed E-state index contributed by atoms with van der Waals surface area (Å²) in [6, 6.07) is 3.46. The number of imide groups is 1. The molecule has 0 saturated heterocycles. The van der Waals surface area contributed by atoms with Gasteiger partial charge in [0.2, 0.25) is 5.91 Å². The fourth-order valence-electron chi connectivity index (χ4n) is 3.36. The van der Waals surface area contributed by atoms with Gasteiger partial charge in [0.05, 0.1) is 28.3 Å². The molecule has 27 heavy (non-hydrogen) atoms. The minimum Gasteiger partial charge on any atom is -0.359 e. The summed E-state index contributed by atoms with van der Waals surface area (Å²) in [5.74, 6) is -1.14. The van der Waals surface area contributed by atoms with Gasteiger partial charge < -0.3 is 9.42 Å². The topological polar surface area (TPSA) is 127 Å². The second kappa shape index (κ2) is 6.01. The summed E-state index contributed by atoms with van der Waals surface area (Å²) in [6.07, 6.45) is 0.588. The number of aryl methyl sites for hydroxylation is 1. The first kappa shape index (κ1) is 16.9. The molecule has 0 bridgehead atoms. The summed E-state index contributed by atoms with van der Waals surface area (Å²) in [5.41, 5.74) is 1.48. The number of nitrogens with zero attached hydrogens (tertiary/aromatic N) is 4. The zero-order valence-corrected chi connectivity index (χ0v) is 14.3. The van der Waals surface area contributed by atoms with Crippen molar-refractivity contribution in [2.75, 3.05) is 13.1 Å². The highest BCUT2D eigenvalue weighted by Crippen LogP contribution is 2.27. The monoisotopic (exact) mass is 370 g/mol. The van der Waals surface area contributed by atoms with Crippen molar-refractivity contribution in [1.29, 1.82) is 0 Å². The van der Waals surface area contributed by atoms with Gasteiger partial charge in [-0.05, 0) is 19.4 Å². The normalized spacial score (nSPS) is 15.7. The Morgan fingerprint density at radius 2 is 2.04 bits per heavy atom. The molecule has 2 aliphatic heterocycles. The van der Waals surface area contributed by atoms with Crippen LogP contribution in [0.2, 0.25) is 0 Å². The van der Waals surface area contributed by atoms with Gasteiger partial charge in [-0.1, -0.05) is 5.16 Å². The molecule has 4 rings (SSSR count). The van der Waals surface area contributed by atoms with E-state index in [1.807, 2.05) is 6.92 Å². The van der Waals surface area contributed by atoms with E-state index in [4.69, 9.17) is 4.52 Å². The van der Waals surface area contributed by atoms with Gasteiger partial charge in [-0.25, -0.2) is 0 Å². The molecular formula is C17H14N4O6. The van der Waals surface area contributed by atoms with Crippen molar-refractivity contribution in [2.24, 2.45) is 0 Å². The number of aromatic nitrogens is 1. The number of carbonyl (C=O) groups is 3. The highest BCUT2D eigenvalue weighted by atomic mass is 16.6. The number of carbonyl (C=O) groups excluding carboxylic acids is 3. The molecule has 0 fully saturated rings. The van der Waals surface area contributed by atoms with E-state index in [0.717, 1.165) is 28.3 Å². The van der Waals surface area contributed by atoms with Gasteiger partial charge in [0.1, 0.15) is 6.54 Å². The molecule has 1 aromatic heterocycles. The third-order valence-electron chi connectivity index (χ3n) is 4.84. The van der Waals surface area contributed by atoms with Gasteiger partial charge in [0, 0.05) is 24.2 Å². The predicted molar refractivity (Wildman–Crippen MR) is 88.8 cm³/mol. The van der Waals surface area contributed by atoms with Crippen molar-refractivity contribution in [3.8, 4) is 0 Å². The van der Waals surface area contributed by atoms with E-state index < -0.39 is 29.2 Å². The van der Waals surface area contributed by atoms with Crippen LogP contribution in [0.15, 0.2) is 22.7 Å². The van der Waals surface area contributed by atoms with Crippen molar-refractivity contribution in [2.45, 2.75) is 19.9 Å². The summed E-state index contributed by atoms with van der Waals surface area (Å²) in [6.45, 7) is 2.06. The Labute approximate surface area is 152 Å². The SMILES string of the molecule is Cc1noc2c1CCN(C(=O)CN1C(=O)c3ccc([N+](=O)[O-])cc3C1=O)C2. The Bertz CT molecular complexity index is 1010. The third kappa shape index (κ3) is 2.65. The van der Waals surface area contributed by atoms with E-state index in [1.165, 1.54) is 11.0 Å². The van der Waals surface area contributed by atoms with Crippen LogP contribution in [-0.2, 0) is 17.8 Å². The maximum Gasteiger partial charge on any atom is 0.270 e. The van der Waals surface area contributed by atoms with E-state index in [9.17, 15) is 24.5 Å². The lowest BCUT2D eigenvalue weighted by Gasteiger charge is -2.27. The van der Waals surface area contributed by atoms with E-state index >= 15 is 0 Å². The molecule has 3 heterocycles. The van der Waals surface area contributed by atoms with Gasteiger partial charge in [0.25, 0.3) is 17.5 Å². The van der Waals surface area contributed by atoms with Crippen molar-refractivity contribution in [3.05, 3.63) is 56.5 Å². The minimum atomic E-state index is -0.708. The average molecular weight is 370 g/mol. The number of fused-ring (bicyclic) bond motifs is 2. The van der Waals surface area contributed by atoms with Gasteiger partial charge in [-0.15, -0.1) is 0 Å². The molecule has 0 aliphatic carbocycles. The van der Waals surface area contributed by atoms with E-state index in [1.54, 1.807) is 0 Å². The number of rotatable bonds is 3. The molecule has 3 amide bonds. The van der Waals surface area contributed by atoms with Crippen LogP contribution in [0.1, 0.15) is 37.7 Å². The first-order valence-electron chi connectivity index (χ1n) is 8.23. The molecule has 10 heteroatoms. The smallest absolute Gasteiger partial charge is 0.270 e. The van der Waals surface area contributed by atoms with Crippen LogP contribution in [0.25, 0.3) is 0 Å². The molecule has 2 aromatic rings. The third-order valence-corrected chi connectivity index (χ3v) is 4.84. The standard InChI is InChI=1S/C17H14N4O6/c1-9-11-4-5-19(7-14(11)27-18-9)15(22)8-20-16(23)12-3-2-10(21(25)26)6-13(12)17(20)24/h2-3,6H,4-5,7-8H2,1H3. The maximum atomic E-state index is 12.6. The summed E-state index contributed by atoms with van der Waals surface area (Å²) >= 11 is 0. The maximum absolute atomic E-state index is 12.6. The van der Waals surface area contributed by atoms with Crippen LogP contribution < -0.4 is 0 Å². The fourth-order valence-corrected chi connectivity index (χ4v) is 3.36. The Balaban J connectivity index is 1.51. The predicted octanol–water partition coefficient (Wildman–Crippen LogP) is 1.07. The lowest BCUT2D eigenvalue weighted by molar-refractivity contribution is -0.384. The lowest BCUT2D eigenvalue weighted by Crippen LogP contribution is -2.44. The quantitative estimate of drug-likeness (QED) is 0.449. The number of benzene rings is 1. The molecular weight excluding hydrogens is 356 g/mol. The van der Waals surface area contributed by atoms with Gasteiger partial charge in [-0.2, -0.15) is 0 Å². The van der Waals surface area contributed by atoms with Crippen LogP contribution in [0.4, 0.5) is 5.69 Å². The summed E-state index contributed by atoms with van der Waals surface area (Å²) in [7, 11) is 0. The number of nitro groups is 1. The molecule has 1 aromatic carbocycles. The van der Waals surface area contributed by atoms with E-state index in [0.29, 0.717) is 18.7 Å². The largest absolute Gasteiger partial charge is 0.359 e. The van der Waals surface area contributed by atoms with Gasteiger partial charge in [0.15, 0.2) is 5.76 Å². The Kier molecular flexibility index (Phi) is 3.76. The summed E-state index contributed by atoms with van der Waals surface area (Å²) in [5, 5.41) is 14.8. The zero-order chi connectivity index (χ0) is 19.3. The van der Waals surface area contributed by atoms with Gasteiger partial charge in [-0.3, -0.25) is 29.4 Å². The van der Waals surface area contributed by atoms with Crippen LogP contribution in [0.3, 0.4) is 0 Å². The first-order valence-corrected chi connectivity index (χ1v) is 8.23. The summed E-state index contributed by atoms with van der Waals surface area (Å²) < 4.78 is 5.21. The molecule has 0 atom stereocenters. The number of nitro benzene ring substituents is 1. The molecule has 10 nitrogen and oxygen atoms in total. The van der Waals surface area contributed by atoms with Gasteiger partial charge >= 0.3 is 0 Å². The lowest BCUT2D eigenvalue weighted by atomic mass is 10.1. The Morgan fingerprint density at radius 3 is 2.78 bits per heavy atom. The Hall–Kier alpha value is -3.56. The zero-order valence-electron chi connectivity index (χ0n) is 14.3. The fraction of sp³-hybridized carbons (Fsp3) is 0.294. The van der Waals surface area contributed by atoms with Crippen LogP contribution in [0, 0.1) is 17.0 Å². The molecule has 0 unspecified atom stereocenters. The Morgan fingerprint density at radius 1 is 1.30 bits per heavy atom. The highest BCUT2D eigenvalue weighted by Gasteiger charge is 2.39. The van der Waals surface area contributed by atoms with Crippen LogP contribution in [-0.4, -0.2) is 50.7 Å². The van der Waals surface area contributed by atoms with E-state index in [-0.39, 0.29) is 23.4 Å². The second-order valence-corrected chi connectivity index (χ2v) is 6.42. The van der Waals surface area contributed by atoms with Crippen molar-refractivity contribution >= 4 is 23.4 Å². The molecule has 2 aliphatic rings. The number of amides is 3. The first-order chi connectivity index (χ1) is 12.9.